The highest BCUT2D eigenvalue weighted by atomic mass is 16.7. The molecular weight excluding hydrogens is 440 g/mol. The van der Waals surface area contributed by atoms with Crippen LogP contribution in [-0.4, -0.2) is 117 Å². The first-order valence-corrected chi connectivity index (χ1v) is 12.1. The Bertz CT molecular complexity index is 521. The van der Waals surface area contributed by atoms with E-state index in [4.69, 9.17) is 18.9 Å². The number of aliphatic hydroxyl groups is 7. The lowest BCUT2D eigenvalue weighted by Crippen LogP contribution is -2.64. The van der Waals surface area contributed by atoms with Crippen LogP contribution in [0.4, 0.5) is 0 Å². The number of hydrogen-bond acceptors (Lipinski definition) is 11. The van der Waals surface area contributed by atoms with Gasteiger partial charge in [0, 0.05) is 6.61 Å². The van der Waals surface area contributed by atoms with Crippen molar-refractivity contribution in [2.75, 3.05) is 19.8 Å². The van der Waals surface area contributed by atoms with Gasteiger partial charge in [0.05, 0.1) is 13.2 Å². The maximum absolute atomic E-state index is 10.6. The molecule has 2 rings (SSSR count). The SMILES string of the molecule is CCCCCCCCCCO[C@@H]1O[C@H](CO)[C@@H](O[C@H]2O[C@H](CO)[C@@H](O)[C@H](O)[C@H]2O)[C@H](O)[C@H]1O. The molecule has 33 heavy (non-hydrogen) atoms. The van der Waals surface area contributed by atoms with Gasteiger partial charge in [0.15, 0.2) is 12.6 Å². The van der Waals surface area contributed by atoms with Crippen molar-refractivity contribution in [3.05, 3.63) is 0 Å². The summed E-state index contributed by atoms with van der Waals surface area (Å²) >= 11 is 0. The third-order valence-corrected chi connectivity index (χ3v) is 6.24. The van der Waals surface area contributed by atoms with Crippen LogP contribution >= 0.6 is 0 Å². The average molecular weight is 483 g/mol. The van der Waals surface area contributed by atoms with Gasteiger partial charge in [-0.25, -0.2) is 0 Å². The van der Waals surface area contributed by atoms with Gasteiger partial charge in [-0.3, -0.25) is 0 Å². The summed E-state index contributed by atoms with van der Waals surface area (Å²) in [6.07, 6.45) is -5.35. The lowest BCUT2D eigenvalue weighted by Gasteiger charge is -2.45. The van der Waals surface area contributed by atoms with E-state index in [0.29, 0.717) is 6.61 Å². The second-order valence-corrected chi connectivity index (χ2v) is 8.85. The van der Waals surface area contributed by atoms with E-state index < -0.39 is 74.6 Å². The molecule has 11 nitrogen and oxygen atoms in total. The highest BCUT2D eigenvalue weighted by Gasteiger charge is 2.50. The molecule has 0 unspecified atom stereocenters. The number of aliphatic hydroxyl groups excluding tert-OH is 7. The molecule has 10 atom stereocenters. The van der Waals surface area contributed by atoms with Crippen molar-refractivity contribution in [3.63, 3.8) is 0 Å². The third-order valence-electron chi connectivity index (χ3n) is 6.24. The van der Waals surface area contributed by atoms with Crippen LogP contribution in [0.15, 0.2) is 0 Å². The van der Waals surface area contributed by atoms with Crippen LogP contribution in [0.3, 0.4) is 0 Å². The van der Waals surface area contributed by atoms with E-state index in [1.165, 1.54) is 32.1 Å². The molecule has 0 bridgehead atoms. The molecular formula is C22H42O11. The van der Waals surface area contributed by atoms with Gasteiger partial charge in [0.1, 0.15) is 48.8 Å². The molecule has 0 radical (unpaired) electrons. The summed E-state index contributed by atoms with van der Waals surface area (Å²) in [5.74, 6) is 0. The van der Waals surface area contributed by atoms with Crippen molar-refractivity contribution in [2.45, 2.75) is 120 Å². The number of ether oxygens (including phenoxy) is 4. The topological polar surface area (TPSA) is 179 Å². The van der Waals surface area contributed by atoms with E-state index in [9.17, 15) is 35.7 Å². The lowest BCUT2D eigenvalue weighted by molar-refractivity contribution is -0.359. The molecule has 0 aromatic heterocycles. The Morgan fingerprint density at radius 3 is 1.76 bits per heavy atom. The molecule has 0 saturated carbocycles. The van der Waals surface area contributed by atoms with Gasteiger partial charge in [-0.05, 0) is 6.42 Å². The van der Waals surface area contributed by atoms with Gasteiger partial charge >= 0.3 is 0 Å². The molecule has 196 valence electrons. The van der Waals surface area contributed by atoms with Crippen LogP contribution in [0.2, 0.25) is 0 Å². The van der Waals surface area contributed by atoms with Crippen molar-refractivity contribution in [3.8, 4) is 0 Å². The number of unbranched alkanes of at least 4 members (excludes halogenated alkanes) is 7. The zero-order chi connectivity index (χ0) is 24.4. The minimum absolute atomic E-state index is 0.319. The summed E-state index contributed by atoms with van der Waals surface area (Å²) in [7, 11) is 0. The van der Waals surface area contributed by atoms with Crippen molar-refractivity contribution < 1.29 is 54.7 Å². The minimum atomic E-state index is -1.69. The quantitative estimate of drug-likeness (QED) is 0.147. The molecule has 0 amide bonds. The van der Waals surface area contributed by atoms with E-state index in [-0.39, 0.29) is 0 Å². The summed E-state index contributed by atoms with van der Waals surface area (Å²) < 4.78 is 22.0. The Morgan fingerprint density at radius 2 is 1.15 bits per heavy atom. The predicted octanol–water partition coefficient (Wildman–Crippen LogP) is -1.23. The molecule has 11 heteroatoms. The fourth-order valence-corrected chi connectivity index (χ4v) is 4.13. The minimum Gasteiger partial charge on any atom is -0.394 e. The van der Waals surface area contributed by atoms with E-state index >= 15 is 0 Å². The Balaban J connectivity index is 1.82. The van der Waals surface area contributed by atoms with E-state index in [1.807, 2.05) is 0 Å². The van der Waals surface area contributed by atoms with Crippen LogP contribution in [0.25, 0.3) is 0 Å². The summed E-state index contributed by atoms with van der Waals surface area (Å²) in [5, 5.41) is 69.9. The first-order chi connectivity index (χ1) is 15.8. The molecule has 0 spiro atoms. The molecule has 0 aliphatic carbocycles. The highest BCUT2D eigenvalue weighted by Crippen LogP contribution is 2.29. The molecule has 2 saturated heterocycles. The monoisotopic (exact) mass is 482 g/mol. The first-order valence-electron chi connectivity index (χ1n) is 12.1. The van der Waals surface area contributed by atoms with Gasteiger partial charge in [-0.2, -0.15) is 0 Å². The van der Waals surface area contributed by atoms with Gasteiger partial charge in [-0.1, -0.05) is 51.9 Å². The van der Waals surface area contributed by atoms with Crippen LogP contribution < -0.4 is 0 Å². The normalized spacial score (nSPS) is 39.6. The highest BCUT2D eigenvalue weighted by molar-refractivity contribution is 4.94. The van der Waals surface area contributed by atoms with Crippen LogP contribution in [0, 0.1) is 0 Å². The fourth-order valence-electron chi connectivity index (χ4n) is 4.13. The van der Waals surface area contributed by atoms with Crippen molar-refractivity contribution in [1.82, 2.24) is 0 Å². The predicted molar refractivity (Wildman–Crippen MR) is 115 cm³/mol. The molecule has 2 heterocycles. The third kappa shape index (κ3) is 8.04. The zero-order valence-electron chi connectivity index (χ0n) is 19.3. The number of hydrogen-bond donors (Lipinski definition) is 7. The zero-order valence-corrected chi connectivity index (χ0v) is 19.3. The molecule has 0 aromatic rings. The molecule has 2 fully saturated rings. The Labute approximate surface area is 194 Å². The maximum atomic E-state index is 10.6. The average Bonchev–Trinajstić information content (AvgIpc) is 2.82. The smallest absolute Gasteiger partial charge is 0.187 e. The van der Waals surface area contributed by atoms with Gasteiger partial charge in [0.2, 0.25) is 0 Å². The molecule has 7 N–H and O–H groups in total. The summed E-state index contributed by atoms with van der Waals surface area (Å²) in [6.45, 7) is 1.28. The van der Waals surface area contributed by atoms with E-state index in [2.05, 4.69) is 6.92 Å². The summed E-state index contributed by atoms with van der Waals surface area (Å²) in [6, 6.07) is 0. The van der Waals surface area contributed by atoms with Gasteiger partial charge < -0.3 is 54.7 Å². The molecule has 0 aromatic carbocycles. The Kier molecular flexibility index (Phi) is 13.0. The second kappa shape index (κ2) is 14.8. The van der Waals surface area contributed by atoms with Crippen molar-refractivity contribution in [2.24, 2.45) is 0 Å². The second-order valence-electron chi connectivity index (χ2n) is 8.85. The standard InChI is InChI=1S/C22H42O11/c1-2-3-4-5-6-7-8-9-10-30-21-19(29)17(27)20(14(12-24)32-21)33-22-18(28)16(26)15(25)13(11-23)31-22/h13-29H,2-12H2,1H3/t13-,14-,15-,16+,17-,18-,19-,20-,21-,22-/m1/s1. The maximum Gasteiger partial charge on any atom is 0.187 e. The van der Waals surface area contributed by atoms with Gasteiger partial charge in [0.25, 0.3) is 0 Å². The Hall–Kier alpha value is -0.440. The summed E-state index contributed by atoms with van der Waals surface area (Å²) in [4.78, 5) is 0. The van der Waals surface area contributed by atoms with Crippen LogP contribution in [0.5, 0.6) is 0 Å². The first kappa shape index (κ1) is 28.8. The van der Waals surface area contributed by atoms with Crippen LogP contribution in [0.1, 0.15) is 58.3 Å². The van der Waals surface area contributed by atoms with Crippen molar-refractivity contribution >= 4 is 0 Å². The summed E-state index contributed by atoms with van der Waals surface area (Å²) in [5.41, 5.74) is 0. The van der Waals surface area contributed by atoms with E-state index in [1.54, 1.807) is 0 Å². The Morgan fingerprint density at radius 1 is 0.606 bits per heavy atom. The van der Waals surface area contributed by atoms with E-state index in [0.717, 1.165) is 19.3 Å². The molecule has 2 aliphatic rings. The fraction of sp³-hybridized carbons (Fsp3) is 1.00. The van der Waals surface area contributed by atoms with Crippen molar-refractivity contribution in [1.29, 1.82) is 0 Å². The largest absolute Gasteiger partial charge is 0.394 e. The lowest BCUT2D eigenvalue weighted by atomic mass is 9.97. The molecule has 2 aliphatic heterocycles. The van der Waals surface area contributed by atoms with Crippen LogP contribution in [-0.2, 0) is 18.9 Å². The number of rotatable bonds is 14. The van der Waals surface area contributed by atoms with Gasteiger partial charge in [-0.15, -0.1) is 0 Å².